The molecule has 3 rings (SSSR count). The SMILES string of the molecule is CCC(CC)c1nnc(NC(=O)C2CCCN2C(=O)c2ccco2)s1. The van der Waals surface area contributed by atoms with E-state index in [1.165, 1.54) is 17.6 Å². The molecule has 0 aliphatic carbocycles. The number of nitrogens with zero attached hydrogens (tertiary/aromatic N) is 3. The summed E-state index contributed by atoms with van der Waals surface area (Å²) in [7, 11) is 0. The van der Waals surface area contributed by atoms with Gasteiger partial charge in [-0.3, -0.25) is 14.9 Å². The molecule has 1 aliphatic rings. The molecule has 1 aliphatic heterocycles. The Morgan fingerprint density at radius 1 is 1.40 bits per heavy atom. The lowest BCUT2D eigenvalue weighted by atomic mass is 10.1. The number of hydrogen-bond acceptors (Lipinski definition) is 6. The van der Waals surface area contributed by atoms with Crippen molar-refractivity contribution in [1.29, 1.82) is 0 Å². The highest BCUT2D eigenvalue weighted by Crippen LogP contribution is 2.29. The van der Waals surface area contributed by atoms with Crippen LogP contribution in [0.1, 0.15) is 61.0 Å². The number of anilines is 1. The Hall–Kier alpha value is -2.22. The summed E-state index contributed by atoms with van der Waals surface area (Å²) in [6.07, 6.45) is 4.87. The normalized spacial score (nSPS) is 17.2. The molecule has 25 heavy (non-hydrogen) atoms. The summed E-state index contributed by atoms with van der Waals surface area (Å²) < 4.78 is 5.17. The Bertz CT molecular complexity index is 724. The van der Waals surface area contributed by atoms with Gasteiger partial charge in [0.25, 0.3) is 5.91 Å². The fraction of sp³-hybridized carbons (Fsp3) is 0.529. The van der Waals surface area contributed by atoms with Crippen molar-refractivity contribution in [1.82, 2.24) is 15.1 Å². The summed E-state index contributed by atoms with van der Waals surface area (Å²) in [5.74, 6) is 0.153. The third-order valence-corrected chi connectivity index (χ3v) is 5.56. The van der Waals surface area contributed by atoms with E-state index in [4.69, 9.17) is 4.42 Å². The number of rotatable bonds is 6. The van der Waals surface area contributed by atoms with Gasteiger partial charge in [0.05, 0.1) is 6.26 Å². The molecule has 1 atom stereocenters. The highest BCUT2D eigenvalue weighted by Gasteiger charge is 2.36. The molecule has 2 aromatic heterocycles. The van der Waals surface area contributed by atoms with E-state index in [9.17, 15) is 9.59 Å². The lowest BCUT2D eigenvalue weighted by Crippen LogP contribution is -2.43. The summed E-state index contributed by atoms with van der Waals surface area (Å²) >= 11 is 1.41. The molecule has 2 aromatic rings. The smallest absolute Gasteiger partial charge is 0.290 e. The topological polar surface area (TPSA) is 88.3 Å². The number of likely N-dealkylation sites (tertiary alicyclic amines) is 1. The molecule has 0 bridgehead atoms. The maximum Gasteiger partial charge on any atom is 0.290 e. The first-order valence-electron chi connectivity index (χ1n) is 8.62. The molecule has 1 fully saturated rings. The van der Waals surface area contributed by atoms with Crippen LogP contribution in [0, 0.1) is 0 Å². The van der Waals surface area contributed by atoms with Gasteiger partial charge >= 0.3 is 0 Å². The second-order valence-electron chi connectivity index (χ2n) is 6.08. The van der Waals surface area contributed by atoms with Crippen molar-refractivity contribution < 1.29 is 14.0 Å². The van der Waals surface area contributed by atoms with Crippen molar-refractivity contribution in [3.8, 4) is 0 Å². The van der Waals surface area contributed by atoms with Crippen LogP contribution in [0.15, 0.2) is 22.8 Å². The molecule has 0 aromatic carbocycles. The van der Waals surface area contributed by atoms with E-state index < -0.39 is 6.04 Å². The van der Waals surface area contributed by atoms with Crippen LogP contribution in [0.2, 0.25) is 0 Å². The van der Waals surface area contributed by atoms with Crippen molar-refractivity contribution in [3.05, 3.63) is 29.2 Å². The van der Waals surface area contributed by atoms with Crippen molar-refractivity contribution in [2.75, 3.05) is 11.9 Å². The van der Waals surface area contributed by atoms with Crippen LogP contribution < -0.4 is 5.32 Å². The molecule has 3 heterocycles. The van der Waals surface area contributed by atoms with E-state index in [-0.39, 0.29) is 17.6 Å². The molecule has 7 nitrogen and oxygen atoms in total. The van der Waals surface area contributed by atoms with Crippen molar-refractivity contribution in [3.63, 3.8) is 0 Å². The Morgan fingerprint density at radius 2 is 2.20 bits per heavy atom. The monoisotopic (exact) mass is 362 g/mol. The van der Waals surface area contributed by atoms with Crippen LogP contribution in [0.25, 0.3) is 0 Å². The Kier molecular flexibility index (Phi) is 5.47. The largest absolute Gasteiger partial charge is 0.459 e. The second kappa shape index (κ2) is 7.77. The molecule has 8 heteroatoms. The zero-order chi connectivity index (χ0) is 17.8. The third kappa shape index (κ3) is 3.73. The highest BCUT2D eigenvalue weighted by molar-refractivity contribution is 7.15. The fourth-order valence-electron chi connectivity index (χ4n) is 3.10. The molecule has 1 N–H and O–H groups in total. The Balaban J connectivity index is 1.67. The fourth-order valence-corrected chi connectivity index (χ4v) is 4.11. The summed E-state index contributed by atoms with van der Waals surface area (Å²) in [6.45, 7) is 4.78. The quantitative estimate of drug-likeness (QED) is 0.852. The molecule has 1 saturated heterocycles. The summed E-state index contributed by atoms with van der Waals surface area (Å²) in [4.78, 5) is 26.7. The minimum absolute atomic E-state index is 0.218. The van der Waals surface area contributed by atoms with E-state index >= 15 is 0 Å². The number of amides is 2. The zero-order valence-corrected chi connectivity index (χ0v) is 15.2. The van der Waals surface area contributed by atoms with Crippen LogP contribution in [0.5, 0.6) is 0 Å². The molecular formula is C17H22N4O3S. The summed E-state index contributed by atoms with van der Waals surface area (Å²) in [5.41, 5.74) is 0. The van der Waals surface area contributed by atoms with Crippen LogP contribution in [0.4, 0.5) is 5.13 Å². The molecule has 2 amide bonds. The highest BCUT2D eigenvalue weighted by atomic mass is 32.1. The third-order valence-electron chi connectivity index (χ3n) is 4.55. The maximum absolute atomic E-state index is 12.6. The average Bonchev–Trinajstić information content (AvgIpc) is 3.36. The van der Waals surface area contributed by atoms with Crippen molar-refractivity contribution in [2.24, 2.45) is 0 Å². The number of hydrogen-bond donors (Lipinski definition) is 1. The number of carbonyl (C=O) groups excluding carboxylic acids is 2. The zero-order valence-electron chi connectivity index (χ0n) is 14.4. The predicted octanol–water partition coefficient (Wildman–Crippen LogP) is 3.28. The van der Waals surface area contributed by atoms with Gasteiger partial charge in [-0.2, -0.15) is 0 Å². The van der Waals surface area contributed by atoms with Crippen molar-refractivity contribution in [2.45, 2.75) is 51.5 Å². The van der Waals surface area contributed by atoms with E-state index in [2.05, 4.69) is 29.4 Å². The van der Waals surface area contributed by atoms with Gasteiger partial charge in [-0.1, -0.05) is 25.2 Å². The van der Waals surface area contributed by atoms with Crippen molar-refractivity contribution >= 4 is 28.3 Å². The molecule has 0 radical (unpaired) electrons. The first-order valence-corrected chi connectivity index (χ1v) is 9.44. The van der Waals surface area contributed by atoms with E-state index in [1.54, 1.807) is 17.0 Å². The number of furan rings is 1. The number of nitrogens with one attached hydrogen (secondary N) is 1. The molecule has 134 valence electrons. The lowest BCUT2D eigenvalue weighted by molar-refractivity contribution is -0.119. The molecule has 0 saturated carbocycles. The predicted molar refractivity (Wildman–Crippen MR) is 94.6 cm³/mol. The van der Waals surface area contributed by atoms with E-state index in [1.807, 2.05) is 0 Å². The second-order valence-corrected chi connectivity index (χ2v) is 7.09. The van der Waals surface area contributed by atoms with E-state index in [0.717, 1.165) is 24.3 Å². The lowest BCUT2D eigenvalue weighted by Gasteiger charge is -2.22. The maximum atomic E-state index is 12.6. The minimum Gasteiger partial charge on any atom is -0.459 e. The van der Waals surface area contributed by atoms with Crippen LogP contribution in [-0.2, 0) is 4.79 Å². The number of aromatic nitrogens is 2. The van der Waals surface area contributed by atoms with Crippen LogP contribution in [-0.4, -0.2) is 39.5 Å². The standard InChI is InChI=1S/C17H22N4O3S/c1-3-11(4-2)15-19-20-17(25-15)18-14(22)12-7-5-9-21(12)16(23)13-8-6-10-24-13/h6,8,10-12H,3-5,7,9H2,1-2H3,(H,18,20,22). The molecular weight excluding hydrogens is 340 g/mol. The van der Waals surface area contributed by atoms with Gasteiger partial charge in [-0.25, -0.2) is 0 Å². The van der Waals surface area contributed by atoms with Crippen LogP contribution >= 0.6 is 11.3 Å². The Morgan fingerprint density at radius 3 is 2.88 bits per heavy atom. The number of carbonyl (C=O) groups is 2. The Labute approximate surface area is 150 Å². The molecule has 0 spiro atoms. The molecule has 1 unspecified atom stereocenters. The van der Waals surface area contributed by atoms with Gasteiger partial charge in [-0.05, 0) is 37.8 Å². The van der Waals surface area contributed by atoms with Gasteiger partial charge in [0.2, 0.25) is 11.0 Å². The van der Waals surface area contributed by atoms with Crippen LogP contribution in [0.3, 0.4) is 0 Å². The van der Waals surface area contributed by atoms with Gasteiger partial charge in [-0.15, -0.1) is 10.2 Å². The minimum atomic E-state index is -0.502. The van der Waals surface area contributed by atoms with Gasteiger partial charge < -0.3 is 9.32 Å². The average molecular weight is 362 g/mol. The first kappa shape index (κ1) is 17.6. The first-order chi connectivity index (χ1) is 12.1. The summed E-state index contributed by atoms with van der Waals surface area (Å²) in [6, 6.07) is 2.78. The van der Waals surface area contributed by atoms with Gasteiger partial charge in [0.1, 0.15) is 11.0 Å². The van der Waals surface area contributed by atoms with E-state index in [0.29, 0.717) is 24.0 Å². The van der Waals surface area contributed by atoms with Gasteiger partial charge in [0.15, 0.2) is 5.76 Å². The van der Waals surface area contributed by atoms with Gasteiger partial charge in [0, 0.05) is 12.5 Å². The summed E-state index contributed by atoms with van der Waals surface area (Å²) in [5, 5.41) is 12.5.